The molecule has 100 valence electrons. The van der Waals surface area contributed by atoms with Crippen LogP contribution in [0.15, 0.2) is 0 Å². The van der Waals surface area contributed by atoms with Gasteiger partial charge in [-0.15, -0.1) is 0 Å². The summed E-state index contributed by atoms with van der Waals surface area (Å²) in [7, 11) is 1.37. The molecule has 0 aromatic heterocycles. The maximum absolute atomic E-state index is 11.1. The molecule has 0 aromatic rings. The Labute approximate surface area is 103 Å². The average molecular weight is 244 g/mol. The quantitative estimate of drug-likeness (QED) is 0.684. The molecule has 17 heavy (non-hydrogen) atoms. The lowest BCUT2D eigenvalue weighted by Crippen LogP contribution is -2.41. The normalized spacial score (nSPS) is 20.2. The van der Waals surface area contributed by atoms with Crippen molar-refractivity contribution in [2.75, 3.05) is 33.4 Å². The third-order valence-electron chi connectivity index (χ3n) is 3.20. The van der Waals surface area contributed by atoms with Gasteiger partial charge >= 0.3 is 5.97 Å². The fourth-order valence-corrected chi connectivity index (χ4v) is 2.13. The first kappa shape index (κ1) is 14.4. The lowest BCUT2D eigenvalue weighted by molar-refractivity contribution is -0.142. The highest BCUT2D eigenvalue weighted by Crippen LogP contribution is 2.13. The highest BCUT2D eigenvalue weighted by molar-refractivity contribution is 5.75. The molecule has 1 unspecified atom stereocenters. The van der Waals surface area contributed by atoms with Crippen molar-refractivity contribution in [2.45, 2.75) is 38.3 Å². The first-order chi connectivity index (χ1) is 8.17. The summed E-state index contributed by atoms with van der Waals surface area (Å²) in [6, 6.07) is -0.496. The van der Waals surface area contributed by atoms with E-state index in [1.165, 1.54) is 7.11 Å². The molecule has 0 amide bonds. The van der Waals surface area contributed by atoms with Crippen molar-refractivity contribution in [1.82, 2.24) is 4.90 Å². The Balaban J connectivity index is 2.16. The molecule has 2 N–H and O–H groups in total. The van der Waals surface area contributed by atoms with Crippen LogP contribution in [-0.4, -0.2) is 56.4 Å². The van der Waals surface area contributed by atoms with Crippen molar-refractivity contribution in [3.63, 3.8) is 0 Å². The third-order valence-corrected chi connectivity index (χ3v) is 3.20. The highest BCUT2D eigenvalue weighted by atomic mass is 16.5. The van der Waals surface area contributed by atoms with Crippen LogP contribution in [0.5, 0.6) is 0 Å². The third kappa shape index (κ3) is 5.02. The van der Waals surface area contributed by atoms with E-state index in [1.807, 2.05) is 6.92 Å². The topological polar surface area (TPSA) is 64.8 Å². The Hall–Kier alpha value is -0.650. The Morgan fingerprint density at radius 2 is 2.12 bits per heavy atom. The van der Waals surface area contributed by atoms with Crippen LogP contribution in [0.2, 0.25) is 0 Å². The van der Waals surface area contributed by atoms with Gasteiger partial charge in [0.25, 0.3) is 0 Å². The molecule has 0 aromatic carbocycles. The number of hydrogen-bond donors (Lipinski definition) is 1. The molecule has 0 radical (unpaired) electrons. The number of esters is 1. The number of piperidine rings is 1. The first-order valence-electron chi connectivity index (χ1n) is 6.34. The Bertz CT molecular complexity index is 228. The van der Waals surface area contributed by atoms with Crippen molar-refractivity contribution >= 4 is 5.97 Å². The second kappa shape index (κ2) is 7.63. The summed E-state index contributed by atoms with van der Waals surface area (Å²) in [5.41, 5.74) is 5.69. The van der Waals surface area contributed by atoms with E-state index >= 15 is 0 Å². The van der Waals surface area contributed by atoms with Crippen molar-refractivity contribution in [1.29, 1.82) is 0 Å². The van der Waals surface area contributed by atoms with Crippen LogP contribution < -0.4 is 5.73 Å². The van der Waals surface area contributed by atoms with E-state index in [0.717, 1.165) is 39.1 Å². The zero-order chi connectivity index (χ0) is 12.7. The minimum atomic E-state index is -0.496. The molecule has 1 aliphatic rings. The standard InChI is InChI=1S/C12H24N2O3/c1-3-17-10-4-7-14(8-5-10)9-6-11(13)12(15)16-2/h10-11H,3-9,13H2,1-2H3. The number of hydrogen-bond acceptors (Lipinski definition) is 5. The van der Waals surface area contributed by atoms with E-state index in [-0.39, 0.29) is 5.97 Å². The molecule has 0 spiro atoms. The van der Waals surface area contributed by atoms with Crippen LogP contribution in [0.3, 0.4) is 0 Å². The van der Waals surface area contributed by atoms with Gasteiger partial charge in [-0.2, -0.15) is 0 Å². The summed E-state index contributed by atoms with van der Waals surface area (Å²) >= 11 is 0. The number of nitrogens with zero attached hydrogens (tertiary/aromatic N) is 1. The van der Waals surface area contributed by atoms with Crippen LogP contribution >= 0.6 is 0 Å². The predicted octanol–water partition coefficient (Wildman–Crippen LogP) is 0.378. The number of carbonyl (C=O) groups excluding carboxylic acids is 1. The predicted molar refractivity (Wildman–Crippen MR) is 65.7 cm³/mol. The highest BCUT2D eigenvalue weighted by Gasteiger charge is 2.21. The smallest absolute Gasteiger partial charge is 0.322 e. The molecular formula is C12H24N2O3. The molecule has 1 rings (SSSR count). The molecule has 0 aliphatic carbocycles. The summed E-state index contributed by atoms with van der Waals surface area (Å²) in [6.45, 7) is 5.73. The molecule has 0 bridgehead atoms. The summed E-state index contributed by atoms with van der Waals surface area (Å²) in [6.07, 6.45) is 3.21. The molecule has 1 fully saturated rings. The van der Waals surface area contributed by atoms with Gasteiger partial charge < -0.3 is 20.1 Å². The van der Waals surface area contributed by atoms with Gasteiger partial charge in [-0.05, 0) is 26.2 Å². The van der Waals surface area contributed by atoms with Crippen molar-refractivity contribution in [3.05, 3.63) is 0 Å². The number of carbonyl (C=O) groups is 1. The maximum Gasteiger partial charge on any atom is 0.322 e. The first-order valence-corrected chi connectivity index (χ1v) is 6.34. The largest absolute Gasteiger partial charge is 0.468 e. The number of nitrogens with two attached hydrogens (primary N) is 1. The van der Waals surface area contributed by atoms with E-state index in [4.69, 9.17) is 10.5 Å². The number of methoxy groups -OCH3 is 1. The fourth-order valence-electron chi connectivity index (χ4n) is 2.13. The molecule has 1 heterocycles. The molecule has 5 heteroatoms. The van der Waals surface area contributed by atoms with Crippen LogP contribution in [0.4, 0.5) is 0 Å². The van der Waals surface area contributed by atoms with Gasteiger partial charge in [0.2, 0.25) is 0 Å². The van der Waals surface area contributed by atoms with E-state index in [9.17, 15) is 4.79 Å². The lowest BCUT2D eigenvalue weighted by Gasteiger charge is -2.32. The molecule has 1 saturated heterocycles. The van der Waals surface area contributed by atoms with Crippen LogP contribution in [0.25, 0.3) is 0 Å². The van der Waals surface area contributed by atoms with Gasteiger partial charge in [0.1, 0.15) is 6.04 Å². The van der Waals surface area contributed by atoms with Crippen molar-refractivity contribution in [3.8, 4) is 0 Å². The summed E-state index contributed by atoms with van der Waals surface area (Å²) in [5.74, 6) is -0.325. The number of rotatable bonds is 6. The fraction of sp³-hybridized carbons (Fsp3) is 0.917. The number of ether oxygens (including phenoxy) is 2. The molecule has 1 atom stereocenters. The second-order valence-electron chi connectivity index (χ2n) is 4.41. The summed E-state index contributed by atoms with van der Waals surface area (Å²) < 4.78 is 10.2. The zero-order valence-corrected chi connectivity index (χ0v) is 10.9. The van der Waals surface area contributed by atoms with Crippen LogP contribution in [0.1, 0.15) is 26.2 Å². The van der Waals surface area contributed by atoms with Crippen LogP contribution in [-0.2, 0) is 14.3 Å². The van der Waals surface area contributed by atoms with Gasteiger partial charge in [0, 0.05) is 26.2 Å². The SMILES string of the molecule is CCOC1CCN(CCC(N)C(=O)OC)CC1. The van der Waals surface area contributed by atoms with E-state index in [0.29, 0.717) is 12.5 Å². The van der Waals surface area contributed by atoms with E-state index in [1.54, 1.807) is 0 Å². The zero-order valence-electron chi connectivity index (χ0n) is 10.9. The van der Waals surface area contributed by atoms with Gasteiger partial charge in [0.05, 0.1) is 13.2 Å². The summed E-state index contributed by atoms with van der Waals surface area (Å²) in [4.78, 5) is 13.5. The Morgan fingerprint density at radius 3 is 2.65 bits per heavy atom. The van der Waals surface area contributed by atoms with Gasteiger partial charge in [-0.1, -0.05) is 0 Å². The average Bonchev–Trinajstić information content (AvgIpc) is 2.37. The second-order valence-corrected chi connectivity index (χ2v) is 4.41. The van der Waals surface area contributed by atoms with E-state index in [2.05, 4.69) is 9.64 Å². The Morgan fingerprint density at radius 1 is 1.47 bits per heavy atom. The lowest BCUT2D eigenvalue weighted by atomic mass is 10.1. The molecule has 5 nitrogen and oxygen atoms in total. The monoisotopic (exact) mass is 244 g/mol. The van der Waals surface area contributed by atoms with Crippen molar-refractivity contribution in [2.24, 2.45) is 5.73 Å². The Kier molecular flexibility index (Phi) is 6.47. The van der Waals surface area contributed by atoms with Gasteiger partial charge in [0.15, 0.2) is 0 Å². The molecule has 0 saturated carbocycles. The molecular weight excluding hydrogens is 220 g/mol. The maximum atomic E-state index is 11.1. The summed E-state index contributed by atoms with van der Waals surface area (Å²) in [5, 5.41) is 0. The van der Waals surface area contributed by atoms with Crippen molar-refractivity contribution < 1.29 is 14.3 Å². The van der Waals surface area contributed by atoms with Crippen LogP contribution in [0, 0.1) is 0 Å². The minimum Gasteiger partial charge on any atom is -0.468 e. The van der Waals surface area contributed by atoms with E-state index < -0.39 is 6.04 Å². The minimum absolute atomic E-state index is 0.325. The van der Waals surface area contributed by atoms with Gasteiger partial charge in [-0.3, -0.25) is 4.79 Å². The molecule has 1 aliphatic heterocycles. The number of likely N-dealkylation sites (tertiary alicyclic amines) is 1. The van der Waals surface area contributed by atoms with Gasteiger partial charge in [-0.25, -0.2) is 0 Å².